The van der Waals surface area contributed by atoms with Crippen LogP contribution in [0.5, 0.6) is 0 Å². The summed E-state index contributed by atoms with van der Waals surface area (Å²) in [7, 11) is 0. The van der Waals surface area contributed by atoms with Gasteiger partial charge in [-0.15, -0.1) is 12.4 Å². The Labute approximate surface area is 213 Å². The van der Waals surface area contributed by atoms with E-state index in [0.717, 1.165) is 25.9 Å². The molecule has 200 valence electrons. The number of likely N-dealkylation sites (tertiary alicyclic amines) is 2. The van der Waals surface area contributed by atoms with E-state index in [2.05, 4.69) is 46.9 Å². The van der Waals surface area contributed by atoms with Gasteiger partial charge in [0.1, 0.15) is 5.60 Å². The zero-order valence-electron chi connectivity index (χ0n) is 22.8. The number of halogens is 1. The number of carbonyl (C=O) groups is 3. The van der Waals surface area contributed by atoms with Gasteiger partial charge in [0.2, 0.25) is 11.8 Å². The van der Waals surface area contributed by atoms with Gasteiger partial charge in [-0.2, -0.15) is 0 Å². The highest BCUT2D eigenvalue weighted by molar-refractivity contribution is 5.85. The van der Waals surface area contributed by atoms with Crippen LogP contribution >= 0.6 is 12.4 Å². The second-order valence-corrected chi connectivity index (χ2v) is 12.4. The van der Waals surface area contributed by atoms with Crippen LogP contribution in [0.4, 0.5) is 4.79 Å². The maximum atomic E-state index is 11.9. The highest BCUT2D eigenvalue weighted by Crippen LogP contribution is 2.23. The van der Waals surface area contributed by atoms with Crippen LogP contribution in [0.15, 0.2) is 0 Å². The number of nitrogens with one attached hydrogen (secondary N) is 1. The third-order valence-corrected chi connectivity index (χ3v) is 6.01. The predicted octanol–water partition coefficient (Wildman–Crippen LogP) is 3.95. The van der Waals surface area contributed by atoms with Crippen molar-refractivity contribution in [3.63, 3.8) is 0 Å². The van der Waals surface area contributed by atoms with Crippen LogP contribution in [0, 0.1) is 10.8 Å². The highest BCUT2D eigenvalue weighted by atomic mass is 35.5. The first-order chi connectivity index (χ1) is 14.9. The zero-order valence-corrected chi connectivity index (χ0v) is 23.6. The van der Waals surface area contributed by atoms with Gasteiger partial charge in [0.25, 0.3) is 0 Å². The molecule has 2 saturated heterocycles. The summed E-state index contributed by atoms with van der Waals surface area (Å²) in [4.78, 5) is 38.7. The number of amides is 3. The molecule has 0 aromatic carbocycles. The minimum atomic E-state index is -0.518. The molecule has 8 nitrogen and oxygen atoms in total. The summed E-state index contributed by atoms with van der Waals surface area (Å²) in [6.45, 7) is 20.9. The lowest BCUT2D eigenvalue weighted by Crippen LogP contribution is -2.52. The molecule has 0 saturated carbocycles. The molecule has 34 heavy (non-hydrogen) atoms. The molecule has 3 N–H and O–H groups in total. The van der Waals surface area contributed by atoms with Crippen molar-refractivity contribution in [2.75, 3.05) is 26.2 Å². The Morgan fingerprint density at radius 3 is 1.65 bits per heavy atom. The average molecular weight is 505 g/mol. The summed E-state index contributed by atoms with van der Waals surface area (Å²) in [6, 6.07) is -0.0473. The van der Waals surface area contributed by atoms with E-state index in [-0.39, 0.29) is 47.1 Å². The van der Waals surface area contributed by atoms with Crippen LogP contribution in [0.25, 0.3) is 0 Å². The van der Waals surface area contributed by atoms with E-state index in [1.54, 1.807) is 0 Å². The molecule has 3 amide bonds. The monoisotopic (exact) mass is 504 g/mol. The minimum absolute atomic E-state index is 0. The third-order valence-electron chi connectivity index (χ3n) is 6.01. The van der Waals surface area contributed by atoms with E-state index in [9.17, 15) is 14.4 Å². The Bertz CT molecular complexity index is 680. The fourth-order valence-corrected chi connectivity index (χ4v) is 3.51. The van der Waals surface area contributed by atoms with Crippen LogP contribution in [-0.2, 0) is 14.3 Å². The predicted molar refractivity (Wildman–Crippen MR) is 139 cm³/mol. The number of carbonyl (C=O) groups excluding carboxylic acids is 3. The fourth-order valence-electron chi connectivity index (χ4n) is 3.51. The van der Waals surface area contributed by atoms with Crippen LogP contribution in [0.2, 0.25) is 0 Å². The Morgan fingerprint density at radius 1 is 0.882 bits per heavy atom. The summed E-state index contributed by atoms with van der Waals surface area (Å²) in [5, 5.41) is 2.91. The van der Waals surface area contributed by atoms with E-state index < -0.39 is 11.7 Å². The third kappa shape index (κ3) is 11.7. The molecule has 0 aromatic rings. The Hall–Kier alpha value is -1.54. The molecule has 2 atom stereocenters. The van der Waals surface area contributed by atoms with E-state index in [4.69, 9.17) is 10.5 Å². The molecule has 0 bridgehead atoms. The molecule has 2 aliphatic rings. The summed E-state index contributed by atoms with van der Waals surface area (Å²) < 4.78 is 5.30. The van der Waals surface area contributed by atoms with Crippen LogP contribution in [0.3, 0.4) is 0 Å². The highest BCUT2D eigenvalue weighted by Gasteiger charge is 2.32. The number of rotatable bonds is 5. The van der Waals surface area contributed by atoms with Gasteiger partial charge in [-0.05, 0) is 44.4 Å². The maximum absolute atomic E-state index is 11.9. The van der Waals surface area contributed by atoms with Crippen LogP contribution in [-0.4, -0.2) is 71.6 Å². The topological polar surface area (TPSA) is 105 Å². The van der Waals surface area contributed by atoms with Crippen molar-refractivity contribution in [3.05, 3.63) is 0 Å². The lowest BCUT2D eigenvalue weighted by atomic mass is 9.86. The summed E-state index contributed by atoms with van der Waals surface area (Å²) >= 11 is 0. The van der Waals surface area contributed by atoms with Gasteiger partial charge in [-0.25, -0.2) is 4.79 Å². The molecule has 0 aliphatic carbocycles. The molecule has 0 radical (unpaired) electrons. The van der Waals surface area contributed by atoms with Gasteiger partial charge in [0.05, 0.1) is 6.04 Å². The molecule has 9 heteroatoms. The SMILES string of the molecule is CC(C)(C)OC(=O)N[C@H](CN1CCCC1=O)C(C)(C)C.CC(C)(C)[C@H](N)CN1CCCC1=O.Cl. The van der Waals surface area contributed by atoms with Gasteiger partial charge in [0, 0.05) is 45.1 Å². The lowest BCUT2D eigenvalue weighted by Gasteiger charge is -2.35. The standard InChI is InChI=1S/C15H28N2O3.C10H20N2O.ClH/c1-14(2,3)11(10-17-9-7-8-12(17)18)16-13(19)20-15(4,5)6;1-10(2,3)8(11)7-12-6-4-5-9(12)13;/h11H,7-10H2,1-6H3,(H,16,19);8H,4-7,11H2,1-3H3;1H/t11-;8-;/m11./s1. The van der Waals surface area contributed by atoms with E-state index in [1.165, 1.54) is 0 Å². The minimum Gasteiger partial charge on any atom is -0.444 e. The fraction of sp³-hybridized carbons (Fsp3) is 0.880. The van der Waals surface area contributed by atoms with Crippen molar-refractivity contribution in [1.29, 1.82) is 0 Å². The molecule has 2 fully saturated rings. The Kier molecular flexibility index (Phi) is 12.4. The molecule has 0 unspecified atom stereocenters. The normalized spacial score (nSPS) is 18.6. The van der Waals surface area contributed by atoms with E-state index >= 15 is 0 Å². The molecular formula is C25H49ClN4O4. The number of ether oxygens (including phenoxy) is 1. The molecule has 0 aromatic heterocycles. The van der Waals surface area contributed by atoms with E-state index in [0.29, 0.717) is 25.9 Å². The van der Waals surface area contributed by atoms with Gasteiger partial charge in [-0.1, -0.05) is 41.5 Å². The quantitative estimate of drug-likeness (QED) is 0.589. The van der Waals surface area contributed by atoms with Crippen molar-refractivity contribution in [2.24, 2.45) is 16.6 Å². The number of nitrogens with two attached hydrogens (primary N) is 1. The van der Waals surface area contributed by atoms with Crippen molar-refractivity contribution < 1.29 is 19.1 Å². The Morgan fingerprint density at radius 2 is 1.32 bits per heavy atom. The first-order valence-electron chi connectivity index (χ1n) is 12.2. The summed E-state index contributed by atoms with van der Waals surface area (Å²) in [5.41, 5.74) is 5.43. The molecule has 2 aliphatic heterocycles. The summed E-state index contributed by atoms with van der Waals surface area (Å²) in [6.07, 6.45) is 2.79. The second-order valence-electron chi connectivity index (χ2n) is 12.4. The number of hydrogen-bond acceptors (Lipinski definition) is 5. The van der Waals surface area contributed by atoms with Crippen LogP contribution < -0.4 is 11.1 Å². The molecular weight excluding hydrogens is 456 g/mol. The zero-order chi connectivity index (χ0) is 25.6. The first kappa shape index (κ1) is 32.5. The molecule has 2 heterocycles. The second kappa shape index (κ2) is 13.0. The largest absolute Gasteiger partial charge is 0.444 e. The van der Waals surface area contributed by atoms with Crippen molar-refractivity contribution in [2.45, 2.75) is 106 Å². The van der Waals surface area contributed by atoms with Crippen molar-refractivity contribution in [3.8, 4) is 0 Å². The first-order valence-corrected chi connectivity index (χ1v) is 12.2. The number of nitrogens with zero attached hydrogens (tertiary/aromatic N) is 2. The van der Waals surface area contributed by atoms with Crippen LogP contribution in [0.1, 0.15) is 88.0 Å². The lowest BCUT2D eigenvalue weighted by molar-refractivity contribution is -0.129. The molecule has 2 rings (SSSR count). The van der Waals surface area contributed by atoms with Gasteiger partial charge < -0.3 is 25.6 Å². The summed E-state index contributed by atoms with van der Waals surface area (Å²) in [5.74, 6) is 0.435. The van der Waals surface area contributed by atoms with Crippen molar-refractivity contribution in [1.82, 2.24) is 15.1 Å². The van der Waals surface area contributed by atoms with Gasteiger partial charge in [0.15, 0.2) is 0 Å². The maximum Gasteiger partial charge on any atom is 0.407 e. The smallest absolute Gasteiger partial charge is 0.407 e. The molecule has 0 spiro atoms. The Balaban J connectivity index is 0.000000676. The van der Waals surface area contributed by atoms with Crippen molar-refractivity contribution >= 4 is 30.3 Å². The number of hydrogen-bond donors (Lipinski definition) is 2. The van der Waals surface area contributed by atoms with E-state index in [1.807, 2.05) is 30.6 Å². The average Bonchev–Trinajstić information content (AvgIpc) is 3.20. The van der Waals surface area contributed by atoms with Gasteiger partial charge in [-0.3, -0.25) is 9.59 Å². The number of alkyl carbamates (subject to hydrolysis) is 1. The van der Waals surface area contributed by atoms with Gasteiger partial charge >= 0.3 is 6.09 Å².